The molecule has 0 saturated heterocycles. The van der Waals surface area contributed by atoms with Crippen molar-refractivity contribution in [2.75, 3.05) is 5.32 Å². The van der Waals surface area contributed by atoms with Crippen LogP contribution in [0.5, 0.6) is 0 Å². The minimum atomic E-state index is -0.117. The molecule has 1 aliphatic rings. The molecule has 2 aromatic rings. The van der Waals surface area contributed by atoms with Gasteiger partial charge in [-0.1, -0.05) is 30.3 Å². The van der Waals surface area contributed by atoms with Gasteiger partial charge in [0, 0.05) is 5.92 Å². The van der Waals surface area contributed by atoms with Gasteiger partial charge in [0.1, 0.15) is 0 Å². The minimum Gasteiger partial charge on any atom is -0.345 e. The summed E-state index contributed by atoms with van der Waals surface area (Å²) in [6.07, 6.45) is 1.94. The largest absolute Gasteiger partial charge is 0.345 e. The van der Waals surface area contributed by atoms with Crippen molar-refractivity contribution in [3.63, 3.8) is 0 Å². The maximum atomic E-state index is 12.3. The SMILES string of the molecule is C[C@@H](NC(=O)c1ccc(NC(=O)C2CC2)s1)c1ccccc1. The minimum absolute atomic E-state index is 0.0553. The number of nitrogens with one attached hydrogen (secondary N) is 2. The first-order chi connectivity index (χ1) is 10.6. The van der Waals surface area contributed by atoms with Crippen LogP contribution in [0.25, 0.3) is 0 Å². The van der Waals surface area contributed by atoms with Gasteiger partial charge in [0.15, 0.2) is 0 Å². The van der Waals surface area contributed by atoms with E-state index in [-0.39, 0.29) is 23.8 Å². The molecule has 0 radical (unpaired) electrons. The number of rotatable bonds is 5. The molecule has 2 amide bonds. The highest BCUT2D eigenvalue weighted by molar-refractivity contribution is 7.18. The van der Waals surface area contributed by atoms with Crippen LogP contribution in [0, 0.1) is 5.92 Å². The van der Waals surface area contributed by atoms with Crippen LogP contribution < -0.4 is 10.6 Å². The summed E-state index contributed by atoms with van der Waals surface area (Å²) in [5.41, 5.74) is 1.06. The van der Waals surface area contributed by atoms with E-state index in [1.165, 1.54) is 11.3 Å². The van der Waals surface area contributed by atoms with Crippen molar-refractivity contribution >= 4 is 28.2 Å². The summed E-state index contributed by atoms with van der Waals surface area (Å²) >= 11 is 1.31. The molecule has 1 aromatic carbocycles. The van der Waals surface area contributed by atoms with Crippen LogP contribution in [0.15, 0.2) is 42.5 Å². The molecule has 4 nitrogen and oxygen atoms in total. The fourth-order valence-corrected chi connectivity index (χ4v) is 3.00. The van der Waals surface area contributed by atoms with E-state index in [1.807, 2.05) is 37.3 Å². The van der Waals surface area contributed by atoms with Gasteiger partial charge >= 0.3 is 0 Å². The number of carbonyl (C=O) groups is 2. The van der Waals surface area contributed by atoms with Gasteiger partial charge in [0.05, 0.1) is 15.9 Å². The summed E-state index contributed by atoms with van der Waals surface area (Å²) in [7, 11) is 0. The summed E-state index contributed by atoms with van der Waals surface area (Å²) < 4.78 is 0. The van der Waals surface area contributed by atoms with Gasteiger partial charge in [-0.2, -0.15) is 0 Å². The summed E-state index contributed by atoms with van der Waals surface area (Å²) in [6, 6.07) is 13.3. The molecule has 22 heavy (non-hydrogen) atoms. The van der Waals surface area contributed by atoms with Gasteiger partial charge in [0.2, 0.25) is 5.91 Å². The number of thiophene rings is 1. The monoisotopic (exact) mass is 314 g/mol. The molecule has 1 aromatic heterocycles. The van der Waals surface area contributed by atoms with Crippen molar-refractivity contribution in [1.29, 1.82) is 0 Å². The van der Waals surface area contributed by atoms with Gasteiger partial charge in [-0.05, 0) is 37.5 Å². The number of carbonyl (C=O) groups excluding carboxylic acids is 2. The summed E-state index contributed by atoms with van der Waals surface area (Å²) in [5.74, 6) is 0.109. The molecule has 1 fully saturated rings. The fourth-order valence-electron chi connectivity index (χ4n) is 2.19. The lowest BCUT2D eigenvalue weighted by molar-refractivity contribution is -0.117. The van der Waals surface area contributed by atoms with E-state index in [0.29, 0.717) is 4.88 Å². The Bertz CT molecular complexity index is 677. The van der Waals surface area contributed by atoms with Crippen molar-refractivity contribution in [1.82, 2.24) is 5.32 Å². The Morgan fingerprint density at radius 2 is 1.86 bits per heavy atom. The highest BCUT2D eigenvalue weighted by Crippen LogP contribution is 2.31. The van der Waals surface area contributed by atoms with Crippen molar-refractivity contribution < 1.29 is 9.59 Å². The highest BCUT2D eigenvalue weighted by Gasteiger charge is 2.29. The molecule has 0 bridgehead atoms. The molecule has 0 unspecified atom stereocenters. The third-order valence-corrected chi connectivity index (χ3v) is 4.67. The van der Waals surface area contributed by atoms with Crippen molar-refractivity contribution in [2.45, 2.75) is 25.8 Å². The van der Waals surface area contributed by atoms with E-state index in [4.69, 9.17) is 0 Å². The van der Waals surface area contributed by atoms with Gasteiger partial charge < -0.3 is 10.6 Å². The normalized spacial score (nSPS) is 15.1. The molecular weight excluding hydrogens is 296 g/mol. The van der Waals surface area contributed by atoms with E-state index in [0.717, 1.165) is 23.4 Å². The van der Waals surface area contributed by atoms with Crippen LogP contribution in [0.2, 0.25) is 0 Å². The molecule has 1 aliphatic carbocycles. The third kappa shape index (κ3) is 3.54. The molecule has 2 N–H and O–H groups in total. The molecule has 0 spiro atoms. The summed E-state index contributed by atoms with van der Waals surface area (Å²) in [6.45, 7) is 1.95. The Kier molecular flexibility index (Phi) is 4.24. The predicted octanol–water partition coefficient (Wildman–Crippen LogP) is 3.59. The van der Waals surface area contributed by atoms with Gasteiger partial charge in [0.25, 0.3) is 5.91 Å². The Morgan fingerprint density at radius 1 is 1.14 bits per heavy atom. The first-order valence-corrected chi connectivity index (χ1v) is 8.21. The van der Waals surface area contributed by atoms with Crippen molar-refractivity contribution in [3.05, 3.63) is 52.9 Å². The number of hydrogen-bond donors (Lipinski definition) is 2. The Balaban J connectivity index is 1.60. The molecule has 5 heteroatoms. The number of hydrogen-bond acceptors (Lipinski definition) is 3. The number of anilines is 1. The Morgan fingerprint density at radius 3 is 2.55 bits per heavy atom. The fraction of sp³-hybridized carbons (Fsp3) is 0.294. The first-order valence-electron chi connectivity index (χ1n) is 7.40. The van der Waals surface area contributed by atoms with Crippen LogP contribution in [0.4, 0.5) is 5.00 Å². The summed E-state index contributed by atoms with van der Waals surface area (Å²) in [5, 5.41) is 6.57. The maximum absolute atomic E-state index is 12.3. The third-order valence-electron chi connectivity index (χ3n) is 3.67. The zero-order chi connectivity index (χ0) is 15.5. The van der Waals surface area contributed by atoms with E-state index in [1.54, 1.807) is 12.1 Å². The summed E-state index contributed by atoms with van der Waals surface area (Å²) in [4.78, 5) is 24.6. The smallest absolute Gasteiger partial charge is 0.261 e. The second kappa shape index (κ2) is 6.32. The second-order valence-electron chi connectivity index (χ2n) is 5.53. The van der Waals surface area contributed by atoms with E-state index >= 15 is 0 Å². The van der Waals surface area contributed by atoms with Gasteiger partial charge in [-0.25, -0.2) is 0 Å². The molecule has 3 rings (SSSR count). The zero-order valence-electron chi connectivity index (χ0n) is 12.3. The molecule has 0 aliphatic heterocycles. The molecule has 1 atom stereocenters. The quantitative estimate of drug-likeness (QED) is 0.886. The van der Waals surface area contributed by atoms with Gasteiger partial charge in [-0.15, -0.1) is 11.3 Å². The van der Waals surface area contributed by atoms with Crippen LogP contribution in [0.3, 0.4) is 0 Å². The number of benzene rings is 1. The van der Waals surface area contributed by atoms with Crippen LogP contribution in [-0.4, -0.2) is 11.8 Å². The standard InChI is InChI=1S/C17H18N2O2S/c1-11(12-5-3-2-4-6-12)18-17(21)14-9-10-15(22-14)19-16(20)13-7-8-13/h2-6,9-11,13H,7-8H2,1H3,(H,18,21)(H,19,20)/t11-/m1/s1. The molecule has 114 valence electrons. The first kappa shape index (κ1) is 14.8. The molecule has 1 saturated carbocycles. The predicted molar refractivity (Wildman–Crippen MR) is 88.0 cm³/mol. The van der Waals surface area contributed by atoms with Crippen LogP contribution in [-0.2, 0) is 4.79 Å². The lowest BCUT2D eigenvalue weighted by Gasteiger charge is -2.13. The van der Waals surface area contributed by atoms with E-state index in [9.17, 15) is 9.59 Å². The molecular formula is C17H18N2O2S. The average molecular weight is 314 g/mol. The Hall–Kier alpha value is -2.14. The highest BCUT2D eigenvalue weighted by atomic mass is 32.1. The van der Waals surface area contributed by atoms with E-state index < -0.39 is 0 Å². The van der Waals surface area contributed by atoms with E-state index in [2.05, 4.69) is 10.6 Å². The van der Waals surface area contributed by atoms with Gasteiger partial charge in [-0.3, -0.25) is 9.59 Å². The average Bonchev–Trinajstić information content (AvgIpc) is 3.28. The van der Waals surface area contributed by atoms with Crippen LogP contribution in [0.1, 0.15) is 41.0 Å². The number of amides is 2. The topological polar surface area (TPSA) is 58.2 Å². The lowest BCUT2D eigenvalue weighted by atomic mass is 10.1. The second-order valence-corrected chi connectivity index (χ2v) is 6.62. The van der Waals surface area contributed by atoms with Crippen molar-refractivity contribution in [3.8, 4) is 0 Å². The Labute approximate surface area is 133 Å². The lowest BCUT2D eigenvalue weighted by Crippen LogP contribution is -2.25. The molecule has 1 heterocycles. The van der Waals surface area contributed by atoms with Crippen molar-refractivity contribution in [2.24, 2.45) is 5.92 Å². The zero-order valence-corrected chi connectivity index (χ0v) is 13.2. The van der Waals surface area contributed by atoms with Crippen LogP contribution >= 0.6 is 11.3 Å². The maximum Gasteiger partial charge on any atom is 0.261 e.